The van der Waals surface area contributed by atoms with Gasteiger partial charge in [0.25, 0.3) is 5.91 Å². The molecule has 0 radical (unpaired) electrons. The number of benzene rings is 2. The lowest BCUT2D eigenvalue weighted by atomic mass is 10.1. The number of hydrogen-bond donors (Lipinski definition) is 2. The van der Waals surface area contributed by atoms with Crippen molar-refractivity contribution in [2.45, 2.75) is 6.42 Å². The number of nitrogens with one attached hydrogen (secondary N) is 1. The zero-order valence-corrected chi connectivity index (χ0v) is 12.4. The van der Waals surface area contributed by atoms with Crippen LogP contribution in [0.15, 0.2) is 48.5 Å². The van der Waals surface area contributed by atoms with Crippen LogP contribution >= 0.6 is 0 Å². The van der Waals surface area contributed by atoms with Crippen LogP contribution in [0.2, 0.25) is 0 Å². The fourth-order valence-electron chi connectivity index (χ4n) is 1.99. The lowest BCUT2D eigenvalue weighted by Crippen LogP contribution is -2.30. The largest absolute Gasteiger partial charge is 0.508 e. The lowest BCUT2D eigenvalue weighted by molar-refractivity contribution is -0.123. The normalized spacial score (nSPS) is 10.0. The molecule has 2 aromatic rings. The SMILES string of the molecule is COc1ccccc1OCC(=O)NCCc1cccc(O)c1. The van der Waals surface area contributed by atoms with Crippen molar-refractivity contribution >= 4 is 5.91 Å². The molecule has 2 rings (SSSR count). The molecule has 1 amide bonds. The Kier molecular flexibility index (Phi) is 5.65. The van der Waals surface area contributed by atoms with E-state index in [0.29, 0.717) is 24.5 Å². The molecule has 0 saturated heterocycles. The van der Waals surface area contributed by atoms with Gasteiger partial charge in [-0.05, 0) is 36.2 Å². The Bertz CT molecular complexity index is 628. The first kappa shape index (κ1) is 15.7. The van der Waals surface area contributed by atoms with Crippen LogP contribution in [0.1, 0.15) is 5.56 Å². The molecule has 2 N–H and O–H groups in total. The molecule has 0 aliphatic carbocycles. The average Bonchev–Trinajstić information content (AvgIpc) is 2.53. The van der Waals surface area contributed by atoms with Crippen molar-refractivity contribution in [3.8, 4) is 17.2 Å². The van der Waals surface area contributed by atoms with Gasteiger partial charge in [0.1, 0.15) is 5.75 Å². The fraction of sp³-hybridized carbons (Fsp3) is 0.235. The third-order valence-electron chi connectivity index (χ3n) is 3.07. The van der Waals surface area contributed by atoms with Gasteiger partial charge in [-0.2, -0.15) is 0 Å². The summed E-state index contributed by atoms with van der Waals surface area (Å²) in [5, 5.41) is 12.1. The van der Waals surface area contributed by atoms with E-state index in [0.717, 1.165) is 5.56 Å². The smallest absolute Gasteiger partial charge is 0.257 e. The highest BCUT2D eigenvalue weighted by Crippen LogP contribution is 2.25. The number of phenolic OH excluding ortho intramolecular Hbond substituents is 1. The Morgan fingerprint density at radius 1 is 1.14 bits per heavy atom. The minimum absolute atomic E-state index is 0.0690. The number of rotatable bonds is 7. The van der Waals surface area contributed by atoms with Crippen molar-refractivity contribution in [3.05, 3.63) is 54.1 Å². The number of amides is 1. The van der Waals surface area contributed by atoms with E-state index < -0.39 is 0 Å². The van der Waals surface area contributed by atoms with Crippen LogP contribution in [0.3, 0.4) is 0 Å². The molecule has 0 atom stereocenters. The van der Waals surface area contributed by atoms with Crippen molar-refractivity contribution in [3.63, 3.8) is 0 Å². The van der Waals surface area contributed by atoms with Gasteiger partial charge in [-0.3, -0.25) is 4.79 Å². The van der Waals surface area contributed by atoms with Crippen molar-refractivity contribution < 1.29 is 19.4 Å². The van der Waals surface area contributed by atoms with Crippen LogP contribution in [-0.4, -0.2) is 31.3 Å². The summed E-state index contributed by atoms with van der Waals surface area (Å²) in [5.41, 5.74) is 0.964. The molecule has 0 aromatic heterocycles. The van der Waals surface area contributed by atoms with E-state index in [1.807, 2.05) is 18.2 Å². The first-order chi connectivity index (χ1) is 10.7. The number of methoxy groups -OCH3 is 1. The van der Waals surface area contributed by atoms with Gasteiger partial charge in [-0.1, -0.05) is 24.3 Å². The van der Waals surface area contributed by atoms with Gasteiger partial charge < -0.3 is 19.9 Å². The molecule has 22 heavy (non-hydrogen) atoms. The summed E-state index contributed by atoms with van der Waals surface area (Å²) in [6.07, 6.45) is 0.648. The minimum Gasteiger partial charge on any atom is -0.508 e. The van der Waals surface area contributed by atoms with Crippen LogP contribution in [0.4, 0.5) is 0 Å². The number of carbonyl (C=O) groups is 1. The van der Waals surface area contributed by atoms with Crippen LogP contribution in [0.5, 0.6) is 17.2 Å². The Morgan fingerprint density at radius 3 is 2.64 bits per heavy atom. The predicted molar refractivity (Wildman–Crippen MR) is 83.3 cm³/mol. The molecule has 0 unspecified atom stereocenters. The highest BCUT2D eigenvalue weighted by molar-refractivity contribution is 5.77. The highest BCUT2D eigenvalue weighted by atomic mass is 16.5. The van der Waals surface area contributed by atoms with E-state index in [-0.39, 0.29) is 18.3 Å². The predicted octanol–water partition coefficient (Wildman–Crippen LogP) is 2.14. The first-order valence-corrected chi connectivity index (χ1v) is 6.99. The standard InChI is InChI=1S/C17H19NO4/c1-21-15-7-2-3-8-16(15)22-12-17(20)18-10-9-13-5-4-6-14(19)11-13/h2-8,11,19H,9-10,12H2,1H3,(H,18,20). The number of para-hydroxylation sites is 2. The van der Waals surface area contributed by atoms with E-state index in [1.165, 1.54) is 0 Å². The maximum Gasteiger partial charge on any atom is 0.257 e. The summed E-state index contributed by atoms with van der Waals surface area (Å²) in [7, 11) is 1.55. The Labute approximate surface area is 129 Å². The van der Waals surface area contributed by atoms with E-state index in [4.69, 9.17) is 9.47 Å². The van der Waals surface area contributed by atoms with Crippen LogP contribution in [-0.2, 0) is 11.2 Å². The summed E-state index contributed by atoms with van der Waals surface area (Å²) >= 11 is 0. The second kappa shape index (κ2) is 7.93. The van der Waals surface area contributed by atoms with E-state index >= 15 is 0 Å². The molecule has 116 valence electrons. The molecule has 0 bridgehead atoms. The molecular formula is C17H19NO4. The van der Waals surface area contributed by atoms with E-state index in [2.05, 4.69) is 5.32 Å². The number of phenols is 1. The summed E-state index contributed by atoms with van der Waals surface area (Å²) < 4.78 is 10.6. The second-order valence-corrected chi connectivity index (χ2v) is 4.71. The maximum atomic E-state index is 11.7. The molecule has 5 nitrogen and oxygen atoms in total. The summed E-state index contributed by atoms with van der Waals surface area (Å²) in [6.45, 7) is 0.415. The van der Waals surface area contributed by atoms with Crippen molar-refractivity contribution in [1.82, 2.24) is 5.32 Å². The minimum atomic E-state index is -0.203. The van der Waals surface area contributed by atoms with Gasteiger partial charge in [0.05, 0.1) is 7.11 Å². The average molecular weight is 301 g/mol. The van der Waals surface area contributed by atoms with Gasteiger partial charge in [0.2, 0.25) is 0 Å². The van der Waals surface area contributed by atoms with Crippen molar-refractivity contribution in [1.29, 1.82) is 0 Å². The third-order valence-corrected chi connectivity index (χ3v) is 3.07. The van der Waals surface area contributed by atoms with Gasteiger partial charge in [0.15, 0.2) is 18.1 Å². The number of hydrogen-bond acceptors (Lipinski definition) is 4. The van der Waals surface area contributed by atoms with Crippen LogP contribution in [0.25, 0.3) is 0 Å². The fourth-order valence-corrected chi connectivity index (χ4v) is 1.99. The Morgan fingerprint density at radius 2 is 1.91 bits per heavy atom. The highest BCUT2D eigenvalue weighted by Gasteiger charge is 2.06. The van der Waals surface area contributed by atoms with E-state index in [9.17, 15) is 9.90 Å². The lowest BCUT2D eigenvalue weighted by Gasteiger charge is -2.10. The molecule has 0 aliphatic heterocycles. The number of ether oxygens (including phenoxy) is 2. The monoisotopic (exact) mass is 301 g/mol. The third kappa shape index (κ3) is 4.70. The summed E-state index contributed by atoms with van der Waals surface area (Å²) in [4.78, 5) is 11.7. The van der Waals surface area contributed by atoms with Crippen LogP contribution < -0.4 is 14.8 Å². The second-order valence-electron chi connectivity index (χ2n) is 4.71. The molecular weight excluding hydrogens is 282 g/mol. The first-order valence-electron chi connectivity index (χ1n) is 6.99. The Hall–Kier alpha value is -2.69. The molecule has 0 fully saturated rings. The number of carbonyl (C=O) groups excluding carboxylic acids is 1. The maximum absolute atomic E-state index is 11.7. The molecule has 0 aliphatic rings. The molecule has 2 aromatic carbocycles. The number of aromatic hydroxyl groups is 1. The molecule has 5 heteroatoms. The Balaban J connectivity index is 1.74. The zero-order chi connectivity index (χ0) is 15.8. The molecule has 0 heterocycles. The summed E-state index contributed by atoms with van der Waals surface area (Å²) in [6, 6.07) is 14.1. The van der Waals surface area contributed by atoms with E-state index in [1.54, 1.807) is 37.4 Å². The molecule has 0 spiro atoms. The van der Waals surface area contributed by atoms with Crippen molar-refractivity contribution in [2.24, 2.45) is 0 Å². The van der Waals surface area contributed by atoms with Crippen LogP contribution in [0, 0.1) is 0 Å². The quantitative estimate of drug-likeness (QED) is 0.822. The van der Waals surface area contributed by atoms with Gasteiger partial charge in [-0.15, -0.1) is 0 Å². The van der Waals surface area contributed by atoms with Gasteiger partial charge >= 0.3 is 0 Å². The summed E-state index contributed by atoms with van der Waals surface area (Å²) in [5.74, 6) is 1.15. The van der Waals surface area contributed by atoms with Gasteiger partial charge in [-0.25, -0.2) is 0 Å². The zero-order valence-electron chi connectivity index (χ0n) is 12.4. The topological polar surface area (TPSA) is 67.8 Å². The molecule has 0 saturated carbocycles. The van der Waals surface area contributed by atoms with Crippen molar-refractivity contribution in [2.75, 3.05) is 20.3 Å². The van der Waals surface area contributed by atoms with Gasteiger partial charge in [0, 0.05) is 6.54 Å².